The van der Waals surface area contributed by atoms with Gasteiger partial charge in [-0.05, 0) is 62.1 Å². The Morgan fingerprint density at radius 3 is 2.22 bits per heavy atom. The van der Waals surface area contributed by atoms with Crippen molar-refractivity contribution in [1.29, 1.82) is 0 Å². The van der Waals surface area contributed by atoms with Crippen LogP contribution in [-0.4, -0.2) is 57.8 Å². The summed E-state index contributed by atoms with van der Waals surface area (Å²) in [4.78, 5) is 16.7. The van der Waals surface area contributed by atoms with Gasteiger partial charge in [-0.25, -0.2) is 12.8 Å². The predicted octanol–water partition coefficient (Wildman–Crippen LogP) is 4.92. The maximum Gasteiger partial charge on any atom is 0.419 e. The third kappa shape index (κ3) is 5.93. The summed E-state index contributed by atoms with van der Waals surface area (Å²) in [6.45, 7) is 1.02. The first kappa shape index (κ1) is 26.2. The quantitative estimate of drug-likeness (QED) is 0.516. The van der Waals surface area contributed by atoms with Gasteiger partial charge in [-0.2, -0.15) is 13.2 Å². The maximum atomic E-state index is 14.0. The summed E-state index contributed by atoms with van der Waals surface area (Å²) in [6.07, 6.45) is 1.18. The Bertz CT molecular complexity index is 1220. The fourth-order valence-electron chi connectivity index (χ4n) is 4.64. The van der Waals surface area contributed by atoms with Gasteiger partial charge in [0.15, 0.2) is 9.84 Å². The van der Waals surface area contributed by atoms with Crippen LogP contribution < -0.4 is 9.64 Å². The molecule has 0 unspecified atom stereocenters. The van der Waals surface area contributed by atoms with E-state index in [1.807, 2.05) is 0 Å². The molecule has 0 aromatic heterocycles. The van der Waals surface area contributed by atoms with E-state index < -0.39 is 27.4 Å². The first-order valence-electron chi connectivity index (χ1n) is 11.9. The van der Waals surface area contributed by atoms with Crippen molar-refractivity contribution in [3.8, 4) is 5.75 Å². The van der Waals surface area contributed by atoms with Crippen LogP contribution in [0.4, 0.5) is 23.2 Å². The van der Waals surface area contributed by atoms with Crippen LogP contribution in [-0.2, 0) is 16.0 Å². The second-order valence-electron chi connectivity index (χ2n) is 9.25. The SMILES string of the molecule is CS(=O)(=O)c1ccc(OC2CCCCC2)c(C(=O)N2CCN(c3ccc(C(F)(F)F)c(F)c3)CC2)c1. The van der Waals surface area contributed by atoms with Crippen molar-refractivity contribution in [2.45, 2.75) is 49.3 Å². The lowest BCUT2D eigenvalue weighted by atomic mass is 9.97. The van der Waals surface area contributed by atoms with Gasteiger partial charge in [0.25, 0.3) is 5.91 Å². The van der Waals surface area contributed by atoms with E-state index in [4.69, 9.17) is 4.74 Å². The molecule has 4 rings (SSSR count). The van der Waals surface area contributed by atoms with E-state index in [2.05, 4.69) is 0 Å². The Kier molecular flexibility index (Phi) is 7.49. The van der Waals surface area contributed by atoms with Crippen molar-refractivity contribution < 1.29 is 35.5 Å². The number of sulfone groups is 1. The minimum Gasteiger partial charge on any atom is -0.490 e. The Morgan fingerprint density at radius 2 is 1.64 bits per heavy atom. The molecule has 6 nitrogen and oxygen atoms in total. The number of anilines is 1. The third-order valence-corrected chi connectivity index (χ3v) is 7.76. The molecular weight excluding hydrogens is 500 g/mol. The van der Waals surface area contributed by atoms with Gasteiger partial charge in [0, 0.05) is 38.1 Å². The molecule has 0 bridgehead atoms. The minimum atomic E-state index is -4.77. The third-order valence-electron chi connectivity index (χ3n) is 6.65. The molecule has 11 heteroatoms. The molecule has 2 aliphatic rings. The average Bonchev–Trinajstić information content (AvgIpc) is 2.83. The molecule has 2 fully saturated rings. The number of benzene rings is 2. The molecule has 2 aromatic carbocycles. The van der Waals surface area contributed by atoms with Gasteiger partial charge in [0.1, 0.15) is 11.6 Å². The highest BCUT2D eigenvalue weighted by atomic mass is 32.2. The average molecular weight is 529 g/mol. The van der Waals surface area contributed by atoms with Crippen LogP contribution in [0.2, 0.25) is 0 Å². The lowest BCUT2D eigenvalue weighted by Gasteiger charge is -2.36. The van der Waals surface area contributed by atoms with E-state index >= 15 is 0 Å². The number of nitrogens with zero attached hydrogens (tertiary/aromatic N) is 2. The van der Waals surface area contributed by atoms with Crippen molar-refractivity contribution in [3.05, 3.63) is 53.3 Å². The summed E-state index contributed by atoms with van der Waals surface area (Å²) in [5.74, 6) is -1.39. The second-order valence-corrected chi connectivity index (χ2v) is 11.3. The highest BCUT2D eigenvalue weighted by Gasteiger charge is 2.34. The van der Waals surface area contributed by atoms with Crippen molar-refractivity contribution in [2.24, 2.45) is 0 Å². The molecule has 1 saturated heterocycles. The molecule has 1 amide bonds. The van der Waals surface area contributed by atoms with E-state index in [0.29, 0.717) is 17.5 Å². The molecule has 2 aromatic rings. The number of halogens is 4. The smallest absolute Gasteiger partial charge is 0.419 e. The van der Waals surface area contributed by atoms with E-state index in [1.54, 1.807) is 9.80 Å². The fourth-order valence-corrected chi connectivity index (χ4v) is 5.29. The van der Waals surface area contributed by atoms with Crippen molar-refractivity contribution >= 4 is 21.4 Å². The van der Waals surface area contributed by atoms with Crippen molar-refractivity contribution in [2.75, 3.05) is 37.3 Å². The molecule has 0 N–H and O–H groups in total. The molecule has 1 aliphatic carbocycles. The maximum absolute atomic E-state index is 14.0. The van der Waals surface area contributed by atoms with E-state index in [9.17, 15) is 30.8 Å². The fraction of sp³-hybridized carbons (Fsp3) is 0.480. The number of carbonyl (C=O) groups excluding carboxylic acids is 1. The van der Waals surface area contributed by atoms with Crippen LogP contribution >= 0.6 is 0 Å². The first-order chi connectivity index (χ1) is 16.9. The van der Waals surface area contributed by atoms with Crippen molar-refractivity contribution in [1.82, 2.24) is 4.90 Å². The molecule has 0 radical (unpaired) electrons. The van der Waals surface area contributed by atoms with E-state index in [-0.39, 0.29) is 48.6 Å². The predicted molar refractivity (Wildman–Crippen MR) is 127 cm³/mol. The Morgan fingerprint density at radius 1 is 0.972 bits per heavy atom. The highest BCUT2D eigenvalue weighted by molar-refractivity contribution is 7.90. The Labute approximate surface area is 207 Å². The van der Waals surface area contributed by atoms with Crippen LogP contribution in [0.25, 0.3) is 0 Å². The molecule has 0 spiro atoms. The Hall–Kier alpha value is -2.82. The molecule has 1 aliphatic heterocycles. The van der Waals surface area contributed by atoms with Crippen LogP contribution in [0.15, 0.2) is 41.3 Å². The zero-order valence-corrected chi connectivity index (χ0v) is 20.7. The van der Waals surface area contributed by atoms with Crippen molar-refractivity contribution in [3.63, 3.8) is 0 Å². The number of amides is 1. The first-order valence-corrected chi connectivity index (χ1v) is 13.7. The monoisotopic (exact) mass is 528 g/mol. The number of piperazine rings is 1. The summed E-state index contributed by atoms with van der Waals surface area (Å²) < 4.78 is 83.0. The number of alkyl halides is 3. The summed E-state index contributed by atoms with van der Waals surface area (Å²) in [6, 6.07) is 7.09. The number of ether oxygens (including phenoxy) is 1. The lowest BCUT2D eigenvalue weighted by molar-refractivity contribution is -0.139. The largest absolute Gasteiger partial charge is 0.490 e. The van der Waals surface area contributed by atoms with Crippen LogP contribution in [0.1, 0.15) is 48.0 Å². The van der Waals surface area contributed by atoms with Crippen LogP contribution in [0.3, 0.4) is 0 Å². The van der Waals surface area contributed by atoms with Gasteiger partial charge in [-0.15, -0.1) is 0 Å². The second kappa shape index (κ2) is 10.3. The van der Waals surface area contributed by atoms with Gasteiger partial charge in [-0.1, -0.05) is 6.42 Å². The molecule has 36 heavy (non-hydrogen) atoms. The van der Waals surface area contributed by atoms with Crippen LogP contribution in [0.5, 0.6) is 5.75 Å². The number of hydrogen-bond acceptors (Lipinski definition) is 5. The molecule has 1 heterocycles. The summed E-state index contributed by atoms with van der Waals surface area (Å²) in [5.41, 5.74) is -0.859. The van der Waals surface area contributed by atoms with Gasteiger partial charge < -0.3 is 14.5 Å². The van der Waals surface area contributed by atoms with E-state index in [0.717, 1.165) is 44.4 Å². The standard InChI is InChI=1S/C25H28F4N2O4S/c1-36(33,34)19-8-10-23(35-18-5-3-2-4-6-18)20(16-19)24(32)31-13-11-30(12-14-31)17-7-9-21(22(26)15-17)25(27,28)29/h7-10,15-16,18H,2-6,11-14H2,1H3. The lowest BCUT2D eigenvalue weighted by Crippen LogP contribution is -2.49. The molecule has 196 valence electrons. The number of hydrogen-bond donors (Lipinski definition) is 0. The van der Waals surface area contributed by atoms with Gasteiger partial charge >= 0.3 is 6.18 Å². The Balaban J connectivity index is 1.51. The van der Waals surface area contributed by atoms with E-state index in [1.165, 1.54) is 24.3 Å². The zero-order chi connectivity index (χ0) is 26.1. The summed E-state index contributed by atoms with van der Waals surface area (Å²) >= 11 is 0. The van der Waals surface area contributed by atoms with Crippen LogP contribution in [0, 0.1) is 5.82 Å². The number of carbonyl (C=O) groups is 1. The minimum absolute atomic E-state index is 0.0145. The molecule has 0 atom stereocenters. The van der Waals surface area contributed by atoms with Gasteiger partial charge in [0.05, 0.1) is 22.1 Å². The van der Waals surface area contributed by atoms with Gasteiger partial charge in [0.2, 0.25) is 0 Å². The summed E-state index contributed by atoms with van der Waals surface area (Å²) in [7, 11) is -3.55. The topological polar surface area (TPSA) is 66.9 Å². The molecule has 1 saturated carbocycles. The molecular formula is C25H28F4N2O4S. The zero-order valence-electron chi connectivity index (χ0n) is 19.9. The number of rotatable bonds is 5. The highest BCUT2D eigenvalue weighted by Crippen LogP contribution is 2.34. The summed E-state index contributed by atoms with van der Waals surface area (Å²) in [5, 5.41) is 0. The normalized spacial score (nSPS) is 17.8. The van der Waals surface area contributed by atoms with Gasteiger partial charge in [-0.3, -0.25) is 4.79 Å².